The molecule has 0 saturated heterocycles. The van der Waals surface area contributed by atoms with E-state index in [1.807, 2.05) is 6.07 Å². The first-order valence-corrected chi connectivity index (χ1v) is 3.52. The zero-order valence-corrected chi connectivity index (χ0v) is 5.16. The summed E-state index contributed by atoms with van der Waals surface area (Å²) in [6.45, 7) is 1.64. The first-order chi connectivity index (χ1) is 3.18. The fraction of sp³-hybridized carbons (Fsp3) is 0.750. The minimum absolute atomic E-state index is 0.319. The molecule has 2 nitrogen and oxygen atoms in total. The molecule has 0 aliphatic heterocycles. The maximum absolute atomic E-state index is 10.3. The number of hydrogen-bond donors (Lipinski definition) is 0. The quantitative estimate of drug-likeness (QED) is 0.495. The van der Waals surface area contributed by atoms with Crippen molar-refractivity contribution in [3.63, 3.8) is 0 Å². The van der Waals surface area contributed by atoms with Crippen molar-refractivity contribution in [2.75, 3.05) is 6.26 Å². The first-order valence-electron chi connectivity index (χ1n) is 1.90. The predicted molar refractivity (Wildman–Crippen MR) is 29.1 cm³/mol. The number of rotatable bonds is 1. The van der Waals surface area contributed by atoms with Gasteiger partial charge in [0.1, 0.15) is 5.25 Å². The lowest BCUT2D eigenvalue weighted by Gasteiger charge is -1.89. The molecule has 0 aromatic rings. The van der Waals surface area contributed by atoms with Crippen molar-refractivity contribution >= 4 is 10.8 Å². The normalized spacial score (nSPS) is 17.3. The van der Waals surface area contributed by atoms with Crippen LogP contribution in [0.15, 0.2) is 0 Å². The van der Waals surface area contributed by atoms with Crippen molar-refractivity contribution in [2.24, 2.45) is 0 Å². The van der Waals surface area contributed by atoms with E-state index >= 15 is 0 Å². The van der Waals surface area contributed by atoms with Crippen LogP contribution in [0.25, 0.3) is 0 Å². The second-order valence-electron chi connectivity index (χ2n) is 1.27. The van der Waals surface area contributed by atoms with E-state index in [1.54, 1.807) is 6.92 Å². The van der Waals surface area contributed by atoms with Gasteiger partial charge in [-0.2, -0.15) is 5.26 Å². The Labute approximate surface area is 45.6 Å². The summed E-state index contributed by atoms with van der Waals surface area (Å²) in [4.78, 5) is 0. The second kappa shape index (κ2) is 2.75. The summed E-state index contributed by atoms with van der Waals surface area (Å²) in [5.74, 6) is 0. The molecule has 0 aliphatic carbocycles. The summed E-state index contributed by atoms with van der Waals surface area (Å²) in [7, 11) is -0.971. The second-order valence-corrected chi connectivity index (χ2v) is 2.97. The molecule has 40 valence electrons. The molecule has 0 saturated carbocycles. The van der Waals surface area contributed by atoms with E-state index < -0.39 is 10.8 Å². The lowest BCUT2D eigenvalue weighted by atomic mass is 10.5. The maximum atomic E-state index is 10.3. The highest BCUT2D eigenvalue weighted by atomic mass is 32.2. The highest BCUT2D eigenvalue weighted by Gasteiger charge is 1.99. The van der Waals surface area contributed by atoms with Crippen LogP contribution < -0.4 is 0 Å². The molecule has 0 aliphatic rings. The van der Waals surface area contributed by atoms with Crippen LogP contribution in [0.5, 0.6) is 0 Å². The van der Waals surface area contributed by atoms with Crippen molar-refractivity contribution in [3.8, 4) is 6.07 Å². The minimum atomic E-state index is -0.971. The third-order valence-corrected chi connectivity index (χ3v) is 1.78. The zero-order chi connectivity index (χ0) is 5.86. The van der Waals surface area contributed by atoms with Gasteiger partial charge in [0.05, 0.1) is 6.07 Å². The Balaban J connectivity index is 3.63. The van der Waals surface area contributed by atoms with Gasteiger partial charge in [-0.25, -0.2) is 0 Å². The lowest BCUT2D eigenvalue weighted by molar-refractivity contribution is 0.684. The van der Waals surface area contributed by atoms with Gasteiger partial charge in [0.15, 0.2) is 0 Å². The zero-order valence-electron chi connectivity index (χ0n) is 4.34. The average molecular weight is 117 g/mol. The smallest absolute Gasteiger partial charge is 0.118 e. The minimum Gasteiger partial charge on any atom is -0.259 e. The largest absolute Gasteiger partial charge is 0.259 e. The van der Waals surface area contributed by atoms with Crippen molar-refractivity contribution in [1.82, 2.24) is 0 Å². The van der Waals surface area contributed by atoms with Gasteiger partial charge in [-0.15, -0.1) is 0 Å². The van der Waals surface area contributed by atoms with Crippen LogP contribution in [0.4, 0.5) is 0 Å². The third-order valence-electron chi connectivity index (χ3n) is 0.680. The van der Waals surface area contributed by atoms with E-state index in [1.165, 1.54) is 6.26 Å². The Hall–Kier alpha value is -0.360. The standard InChI is InChI=1S/C4H7NOS/c1-4(3-5)7(2)6/h4H,1-2H3/t4-,7+/m0/s1. The molecule has 0 aromatic carbocycles. The number of nitrogens with zero attached hydrogens (tertiary/aromatic N) is 1. The number of hydrogen-bond acceptors (Lipinski definition) is 2. The van der Waals surface area contributed by atoms with E-state index in [4.69, 9.17) is 5.26 Å². The van der Waals surface area contributed by atoms with Crippen molar-refractivity contribution < 1.29 is 4.21 Å². The summed E-state index contributed by atoms with van der Waals surface area (Å²) in [5, 5.41) is 7.74. The van der Waals surface area contributed by atoms with E-state index in [0.717, 1.165) is 0 Å². The van der Waals surface area contributed by atoms with Crippen LogP contribution in [0.2, 0.25) is 0 Å². The van der Waals surface area contributed by atoms with Crippen molar-refractivity contribution in [2.45, 2.75) is 12.2 Å². The predicted octanol–water partition coefficient (Wildman–Crippen LogP) is 0.277. The molecule has 0 aromatic heterocycles. The van der Waals surface area contributed by atoms with Crippen LogP contribution in [-0.2, 0) is 10.8 Å². The average Bonchev–Trinajstić information content (AvgIpc) is 1.65. The van der Waals surface area contributed by atoms with Gasteiger partial charge in [0.2, 0.25) is 0 Å². The maximum Gasteiger partial charge on any atom is 0.118 e. The van der Waals surface area contributed by atoms with Gasteiger partial charge in [-0.05, 0) is 6.92 Å². The molecule has 0 rings (SSSR count). The summed E-state index contributed by atoms with van der Waals surface area (Å²) in [5.41, 5.74) is 0. The van der Waals surface area contributed by atoms with Gasteiger partial charge in [-0.1, -0.05) is 0 Å². The molecule has 0 heterocycles. The SMILES string of the molecule is C[C@@H](C#N)[S@@](C)=O. The molecule has 0 fully saturated rings. The van der Waals surface area contributed by atoms with E-state index in [-0.39, 0.29) is 5.25 Å². The monoisotopic (exact) mass is 117 g/mol. The van der Waals surface area contributed by atoms with E-state index in [0.29, 0.717) is 0 Å². The van der Waals surface area contributed by atoms with E-state index in [2.05, 4.69) is 0 Å². The Morgan fingerprint density at radius 3 is 2.29 bits per heavy atom. The topological polar surface area (TPSA) is 40.9 Å². The first kappa shape index (κ1) is 6.64. The lowest BCUT2D eigenvalue weighted by Crippen LogP contribution is -2.03. The molecule has 3 heteroatoms. The fourth-order valence-electron chi connectivity index (χ4n) is 0.0742. The Kier molecular flexibility index (Phi) is 2.61. The molecule has 0 N–H and O–H groups in total. The van der Waals surface area contributed by atoms with Gasteiger partial charge in [0, 0.05) is 17.1 Å². The third kappa shape index (κ3) is 2.35. The van der Waals surface area contributed by atoms with Crippen molar-refractivity contribution in [1.29, 1.82) is 5.26 Å². The van der Waals surface area contributed by atoms with Gasteiger partial charge in [0.25, 0.3) is 0 Å². The molecule has 0 spiro atoms. The summed E-state index contributed by atoms with van der Waals surface area (Å²) < 4.78 is 10.3. The van der Waals surface area contributed by atoms with Crippen LogP contribution >= 0.6 is 0 Å². The van der Waals surface area contributed by atoms with Crippen molar-refractivity contribution in [3.05, 3.63) is 0 Å². The molecule has 0 unspecified atom stereocenters. The Morgan fingerprint density at radius 2 is 2.29 bits per heavy atom. The van der Waals surface area contributed by atoms with E-state index in [9.17, 15) is 4.21 Å². The molecule has 2 atom stereocenters. The van der Waals surface area contributed by atoms with Crippen LogP contribution in [-0.4, -0.2) is 15.7 Å². The molecule has 0 amide bonds. The Morgan fingerprint density at radius 1 is 1.86 bits per heavy atom. The number of nitriles is 1. The molecular weight excluding hydrogens is 110 g/mol. The van der Waals surface area contributed by atoms with Gasteiger partial charge >= 0.3 is 0 Å². The van der Waals surface area contributed by atoms with Crippen LogP contribution in [0.3, 0.4) is 0 Å². The van der Waals surface area contributed by atoms with Gasteiger partial charge < -0.3 is 0 Å². The summed E-state index contributed by atoms with van der Waals surface area (Å²) in [6.07, 6.45) is 1.52. The highest BCUT2D eigenvalue weighted by Crippen LogP contribution is 1.86. The van der Waals surface area contributed by atoms with Crippen LogP contribution in [0.1, 0.15) is 6.92 Å². The molecule has 0 radical (unpaired) electrons. The fourth-order valence-corrected chi connectivity index (χ4v) is 0.223. The van der Waals surface area contributed by atoms with Gasteiger partial charge in [-0.3, -0.25) is 4.21 Å². The summed E-state index contributed by atoms with van der Waals surface area (Å²) in [6, 6.07) is 1.86. The molecule has 0 bridgehead atoms. The summed E-state index contributed by atoms with van der Waals surface area (Å²) >= 11 is 0. The molecular formula is C4H7NOS. The Bertz CT molecular complexity index is 115. The molecule has 7 heavy (non-hydrogen) atoms. The highest BCUT2D eigenvalue weighted by molar-refractivity contribution is 7.85. The van der Waals surface area contributed by atoms with Crippen LogP contribution in [0, 0.1) is 11.3 Å².